The van der Waals surface area contributed by atoms with Crippen LogP contribution in [0.3, 0.4) is 0 Å². The minimum absolute atomic E-state index is 0.0335. The highest BCUT2D eigenvalue weighted by atomic mass is 16.6. The summed E-state index contributed by atoms with van der Waals surface area (Å²) in [6.45, 7) is 11.8. The topological polar surface area (TPSA) is 79.0 Å². The number of hydrogen-bond donors (Lipinski definition) is 0. The summed E-state index contributed by atoms with van der Waals surface area (Å²) in [6, 6.07) is 0. The van der Waals surface area contributed by atoms with E-state index >= 15 is 0 Å². The van der Waals surface area contributed by atoms with Crippen molar-refractivity contribution in [2.75, 3.05) is 6.61 Å². The second-order valence-corrected chi connectivity index (χ2v) is 9.64. The molecule has 3 rings (SSSR count). The molecule has 0 N–H and O–H groups in total. The fraction of sp³-hybridized carbons (Fsp3) is 0.600. The van der Waals surface area contributed by atoms with E-state index in [1.54, 1.807) is 0 Å². The van der Waals surface area contributed by atoms with Crippen LogP contribution in [0, 0.1) is 5.41 Å². The molecule has 164 valence electrons. The van der Waals surface area contributed by atoms with Crippen molar-refractivity contribution >= 4 is 11.8 Å². The lowest BCUT2D eigenvalue weighted by Gasteiger charge is -2.35. The molecule has 0 aromatic rings. The van der Waals surface area contributed by atoms with E-state index in [1.807, 2.05) is 6.92 Å². The molecule has 0 amide bonds. The molecule has 0 radical (unpaired) electrons. The summed E-state index contributed by atoms with van der Waals surface area (Å²) < 4.78 is 10.7. The van der Waals surface area contributed by atoms with Gasteiger partial charge in [-0.15, -0.1) is 0 Å². The number of epoxide rings is 1. The number of ether oxygens (including phenoxy) is 2. The molecular formula is C25H33O5-. The predicted octanol–water partition coefficient (Wildman–Crippen LogP) is 4.08. The van der Waals surface area contributed by atoms with Crippen molar-refractivity contribution < 1.29 is 24.2 Å². The quantitative estimate of drug-likeness (QED) is 0.340. The van der Waals surface area contributed by atoms with Gasteiger partial charge >= 0.3 is 5.97 Å². The summed E-state index contributed by atoms with van der Waals surface area (Å²) in [4.78, 5) is 24.9. The SMILES string of the molecule is CC1=C([O-])C2=C(COC2=O)[C@@](C)(C/C=C(\C)CC/C=C(\C)CC[C@@H]2OC2(C)C)C1=O. The molecule has 0 aromatic carbocycles. The van der Waals surface area contributed by atoms with E-state index in [1.165, 1.54) is 18.1 Å². The van der Waals surface area contributed by atoms with Crippen molar-refractivity contribution in [3.8, 4) is 0 Å². The first-order valence-corrected chi connectivity index (χ1v) is 10.8. The summed E-state index contributed by atoms with van der Waals surface area (Å²) >= 11 is 0. The molecule has 1 saturated heterocycles. The van der Waals surface area contributed by atoms with E-state index in [0.717, 1.165) is 25.7 Å². The fourth-order valence-corrected chi connectivity index (χ4v) is 4.35. The van der Waals surface area contributed by atoms with Crippen molar-refractivity contribution in [2.24, 2.45) is 5.41 Å². The van der Waals surface area contributed by atoms with Crippen LogP contribution in [0.25, 0.3) is 0 Å². The minimum atomic E-state index is -0.885. The Morgan fingerprint density at radius 1 is 1.13 bits per heavy atom. The summed E-state index contributed by atoms with van der Waals surface area (Å²) in [5.41, 5.74) is 2.48. The number of carbonyl (C=O) groups is 2. The van der Waals surface area contributed by atoms with Crippen LogP contribution in [0.5, 0.6) is 0 Å². The van der Waals surface area contributed by atoms with Gasteiger partial charge in [0.25, 0.3) is 0 Å². The molecule has 0 bridgehead atoms. The minimum Gasteiger partial charge on any atom is -0.872 e. The Labute approximate surface area is 179 Å². The molecule has 1 fully saturated rings. The maximum Gasteiger partial charge on any atom is 0.337 e. The summed E-state index contributed by atoms with van der Waals surface area (Å²) in [5, 5.41) is 12.3. The van der Waals surface area contributed by atoms with Gasteiger partial charge < -0.3 is 14.6 Å². The summed E-state index contributed by atoms with van der Waals surface area (Å²) in [5.74, 6) is -1.28. The zero-order chi connectivity index (χ0) is 22.3. The highest BCUT2D eigenvalue weighted by molar-refractivity contribution is 6.10. The van der Waals surface area contributed by atoms with E-state index in [9.17, 15) is 14.7 Å². The third-order valence-corrected chi connectivity index (χ3v) is 6.78. The number of Topliss-reactive ketones (excluding diaryl/α,β-unsaturated/α-hetero) is 1. The molecule has 0 unspecified atom stereocenters. The van der Waals surface area contributed by atoms with Crippen LogP contribution in [0.15, 0.2) is 45.8 Å². The van der Waals surface area contributed by atoms with E-state index in [-0.39, 0.29) is 29.1 Å². The van der Waals surface area contributed by atoms with Gasteiger partial charge in [-0.1, -0.05) is 29.1 Å². The number of hydrogen-bond acceptors (Lipinski definition) is 5. The van der Waals surface area contributed by atoms with Crippen molar-refractivity contribution in [1.82, 2.24) is 0 Å². The third-order valence-electron chi connectivity index (χ3n) is 6.78. The zero-order valence-electron chi connectivity index (χ0n) is 19.0. The number of rotatable bonds is 8. The third kappa shape index (κ3) is 4.31. The molecule has 5 heteroatoms. The normalized spacial score (nSPS) is 28.8. The van der Waals surface area contributed by atoms with Crippen molar-refractivity contribution in [3.05, 3.63) is 45.8 Å². The number of ketones is 1. The predicted molar refractivity (Wildman–Crippen MR) is 113 cm³/mol. The van der Waals surface area contributed by atoms with E-state index in [4.69, 9.17) is 9.47 Å². The van der Waals surface area contributed by atoms with Gasteiger partial charge in [0.1, 0.15) is 6.61 Å². The highest BCUT2D eigenvalue weighted by Gasteiger charge is 2.47. The van der Waals surface area contributed by atoms with Crippen LogP contribution in [-0.4, -0.2) is 30.1 Å². The zero-order valence-corrected chi connectivity index (χ0v) is 19.0. The van der Waals surface area contributed by atoms with Gasteiger partial charge in [-0.25, -0.2) is 4.79 Å². The van der Waals surface area contributed by atoms with Crippen molar-refractivity contribution in [1.29, 1.82) is 0 Å². The molecular weight excluding hydrogens is 380 g/mol. The average Bonchev–Trinajstić information content (AvgIpc) is 3.10. The molecule has 3 aliphatic rings. The molecule has 1 aliphatic carbocycles. The lowest BCUT2D eigenvalue weighted by molar-refractivity contribution is -0.299. The summed E-state index contributed by atoms with van der Waals surface area (Å²) in [6.07, 6.45) is 9.18. The smallest absolute Gasteiger partial charge is 0.337 e. The van der Waals surface area contributed by atoms with Crippen LogP contribution in [0.4, 0.5) is 0 Å². The highest BCUT2D eigenvalue weighted by Crippen LogP contribution is 2.45. The van der Waals surface area contributed by atoms with Crippen LogP contribution in [0.1, 0.15) is 73.6 Å². The van der Waals surface area contributed by atoms with Gasteiger partial charge in [-0.05, 0) is 84.8 Å². The first kappa shape index (κ1) is 22.5. The Bertz CT molecular complexity index is 883. The second-order valence-electron chi connectivity index (χ2n) is 9.64. The lowest BCUT2D eigenvalue weighted by atomic mass is 9.68. The van der Waals surface area contributed by atoms with Crippen LogP contribution in [0.2, 0.25) is 0 Å². The molecule has 0 saturated carbocycles. The van der Waals surface area contributed by atoms with E-state index < -0.39 is 17.1 Å². The van der Waals surface area contributed by atoms with Crippen molar-refractivity contribution in [3.63, 3.8) is 0 Å². The molecule has 2 atom stereocenters. The summed E-state index contributed by atoms with van der Waals surface area (Å²) in [7, 11) is 0. The van der Waals surface area contributed by atoms with Gasteiger partial charge in [-0.2, -0.15) is 0 Å². The standard InChI is InChI=1S/C25H34O5/c1-15(10-11-19-24(4,5)30-19)8-7-9-16(2)12-13-25(6)18-14-29-23(28)20(18)21(26)17(3)22(25)27/h8,12,19,26H,7,9-11,13-14H2,1-6H3/p-1/b15-8+,16-12+/t19-,25+/m0/s1. The molecule has 0 spiro atoms. The van der Waals surface area contributed by atoms with Gasteiger partial charge in [0.15, 0.2) is 5.78 Å². The molecule has 30 heavy (non-hydrogen) atoms. The van der Waals surface area contributed by atoms with Crippen LogP contribution < -0.4 is 5.11 Å². The number of cyclic esters (lactones) is 1. The van der Waals surface area contributed by atoms with Crippen LogP contribution >= 0.6 is 0 Å². The van der Waals surface area contributed by atoms with Crippen molar-refractivity contribution in [2.45, 2.75) is 85.4 Å². The van der Waals surface area contributed by atoms with Crippen LogP contribution in [-0.2, 0) is 19.1 Å². The van der Waals surface area contributed by atoms with Gasteiger partial charge in [0, 0.05) is 0 Å². The average molecular weight is 414 g/mol. The monoisotopic (exact) mass is 413 g/mol. The maximum atomic E-state index is 12.9. The fourth-order valence-electron chi connectivity index (χ4n) is 4.35. The van der Waals surface area contributed by atoms with E-state index in [2.05, 4.69) is 39.8 Å². The second kappa shape index (κ2) is 8.18. The Balaban J connectivity index is 1.58. The molecule has 2 heterocycles. The molecule has 2 aliphatic heterocycles. The first-order chi connectivity index (χ1) is 14.0. The number of allylic oxidation sites excluding steroid dienone is 5. The van der Waals surface area contributed by atoms with Gasteiger partial charge in [-0.3, -0.25) is 4.79 Å². The van der Waals surface area contributed by atoms with Gasteiger partial charge in [0.05, 0.1) is 22.7 Å². The number of carbonyl (C=O) groups excluding carboxylic acids is 2. The molecule has 5 nitrogen and oxygen atoms in total. The Kier molecular flexibility index (Phi) is 6.15. The lowest BCUT2D eigenvalue weighted by Crippen LogP contribution is -2.37. The Morgan fingerprint density at radius 2 is 1.77 bits per heavy atom. The largest absolute Gasteiger partial charge is 0.872 e. The Morgan fingerprint density at radius 3 is 2.40 bits per heavy atom. The maximum absolute atomic E-state index is 12.9. The first-order valence-electron chi connectivity index (χ1n) is 10.8. The van der Waals surface area contributed by atoms with Gasteiger partial charge in [0.2, 0.25) is 0 Å². The number of esters is 1. The molecule has 0 aromatic heterocycles. The Hall–Kier alpha value is -2.14. The van der Waals surface area contributed by atoms with E-state index in [0.29, 0.717) is 18.1 Å².